The van der Waals surface area contributed by atoms with E-state index in [0.29, 0.717) is 12.3 Å². The van der Waals surface area contributed by atoms with Crippen LogP contribution in [0.4, 0.5) is 0 Å². The predicted octanol–water partition coefficient (Wildman–Crippen LogP) is 6.09. The van der Waals surface area contributed by atoms with E-state index in [1.807, 2.05) is 29.8 Å². The molecule has 0 saturated heterocycles. The van der Waals surface area contributed by atoms with Gasteiger partial charge in [0.15, 0.2) is 5.76 Å². The third-order valence-electron chi connectivity index (χ3n) is 5.95. The lowest BCUT2D eigenvalue weighted by atomic mass is 9.78. The minimum Gasteiger partial charge on any atom is -0.486 e. The van der Waals surface area contributed by atoms with E-state index in [1.165, 1.54) is 11.1 Å². The molecule has 7 heteroatoms. The summed E-state index contributed by atoms with van der Waals surface area (Å²) in [5.74, 6) is 1.29. The first-order valence-corrected chi connectivity index (χ1v) is 12.0. The lowest BCUT2D eigenvalue weighted by molar-refractivity contribution is 0.0918. The molecular formula is C27H28BrN3O3. The second-order valence-corrected chi connectivity index (χ2v) is 9.36. The van der Waals surface area contributed by atoms with E-state index in [2.05, 4.69) is 76.6 Å². The standard InChI is InChI=1S/C27H28BrN3O3/c1-4-31-24(23(28)16-30-31)17-29-26(32)25-15-14-22(34-25)18-33-21-12-10-20(11-13-21)27(2,3)19-8-6-5-7-9-19/h5-16H,4,17-18H2,1-3H3,(H,29,32). The Kier molecular flexibility index (Phi) is 7.22. The van der Waals surface area contributed by atoms with E-state index in [1.54, 1.807) is 18.3 Å². The lowest BCUT2D eigenvalue weighted by Gasteiger charge is -2.26. The van der Waals surface area contributed by atoms with Gasteiger partial charge in [0, 0.05) is 12.0 Å². The molecule has 0 bridgehead atoms. The fourth-order valence-electron chi connectivity index (χ4n) is 3.81. The van der Waals surface area contributed by atoms with Gasteiger partial charge in [-0.2, -0.15) is 5.10 Å². The van der Waals surface area contributed by atoms with Crippen LogP contribution in [0.5, 0.6) is 5.75 Å². The van der Waals surface area contributed by atoms with Crippen molar-refractivity contribution in [2.75, 3.05) is 0 Å². The molecule has 1 amide bonds. The van der Waals surface area contributed by atoms with Gasteiger partial charge in [0.25, 0.3) is 5.91 Å². The molecule has 4 rings (SSSR count). The minimum absolute atomic E-state index is 0.104. The molecule has 2 aromatic heterocycles. The maximum absolute atomic E-state index is 12.5. The maximum atomic E-state index is 12.5. The van der Waals surface area contributed by atoms with Gasteiger partial charge in [-0.05, 0) is 58.2 Å². The van der Waals surface area contributed by atoms with E-state index in [-0.39, 0.29) is 23.7 Å². The molecule has 0 aliphatic rings. The molecule has 2 heterocycles. The van der Waals surface area contributed by atoms with Crippen LogP contribution in [0.25, 0.3) is 0 Å². The number of aromatic nitrogens is 2. The molecule has 0 aliphatic heterocycles. The summed E-state index contributed by atoms with van der Waals surface area (Å²) in [5.41, 5.74) is 3.27. The van der Waals surface area contributed by atoms with Crippen LogP contribution in [0.3, 0.4) is 0 Å². The van der Waals surface area contributed by atoms with Crippen LogP contribution in [-0.4, -0.2) is 15.7 Å². The third kappa shape index (κ3) is 5.25. The number of furan rings is 1. The zero-order valence-corrected chi connectivity index (χ0v) is 21.1. The number of ether oxygens (including phenoxy) is 1. The van der Waals surface area contributed by atoms with Gasteiger partial charge in [-0.25, -0.2) is 0 Å². The van der Waals surface area contributed by atoms with Gasteiger partial charge in [-0.15, -0.1) is 0 Å². The third-order valence-corrected chi connectivity index (χ3v) is 6.61. The van der Waals surface area contributed by atoms with Gasteiger partial charge >= 0.3 is 0 Å². The van der Waals surface area contributed by atoms with Crippen LogP contribution >= 0.6 is 15.9 Å². The van der Waals surface area contributed by atoms with Gasteiger partial charge in [0.2, 0.25) is 0 Å². The highest BCUT2D eigenvalue weighted by Crippen LogP contribution is 2.32. The molecule has 176 valence electrons. The molecule has 34 heavy (non-hydrogen) atoms. The molecule has 0 atom stereocenters. The summed E-state index contributed by atoms with van der Waals surface area (Å²) in [6.07, 6.45) is 1.72. The molecule has 0 radical (unpaired) electrons. The van der Waals surface area contributed by atoms with Gasteiger partial charge in [-0.1, -0.05) is 56.3 Å². The Morgan fingerprint density at radius 3 is 2.47 bits per heavy atom. The Balaban J connectivity index is 1.33. The Hall–Kier alpha value is -3.32. The van der Waals surface area contributed by atoms with Crippen molar-refractivity contribution in [3.05, 3.63) is 106 Å². The van der Waals surface area contributed by atoms with Crippen molar-refractivity contribution in [2.24, 2.45) is 0 Å². The van der Waals surface area contributed by atoms with Crippen LogP contribution in [-0.2, 0) is 25.1 Å². The largest absolute Gasteiger partial charge is 0.486 e. The van der Waals surface area contributed by atoms with Gasteiger partial charge in [-0.3, -0.25) is 9.48 Å². The van der Waals surface area contributed by atoms with Crippen molar-refractivity contribution in [1.82, 2.24) is 15.1 Å². The number of hydrogen-bond acceptors (Lipinski definition) is 4. The summed E-state index contributed by atoms with van der Waals surface area (Å²) in [6.45, 7) is 7.74. The fourth-order valence-corrected chi connectivity index (χ4v) is 4.24. The molecule has 4 aromatic rings. The quantitative estimate of drug-likeness (QED) is 0.289. The molecule has 6 nitrogen and oxygen atoms in total. The zero-order chi connectivity index (χ0) is 24.1. The van der Waals surface area contributed by atoms with Crippen molar-refractivity contribution >= 4 is 21.8 Å². The number of halogens is 1. The summed E-state index contributed by atoms with van der Waals surface area (Å²) < 4.78 is 14.3. The maximum Gasteiger partial charge on any atom is 0.287 e. The Bertz CT molecular complexity index is 1240. The normalized spacial score (nSPS) is 11.4. The predicted molar refractivity (Wildman–Crippen MR) is 135 cm³/mol. The number of carbonyl (C=O) groups excluding carboxylic acids is 1. The Labute approximate surface area is 208 Å². The molecule has 0 fully saturated rings. The molecule has 0 saturated carbocycles. The zero-order valence-electron chi connectivity index (χ0n) is 19.5. The smallest absolute Gasteiger partial charge is 0.287 e. The van der Waals surface area contributed by atoms with Crippen molar-refractivity contribution in [3.8, 4) is 5.75 Å². The van der Waals surface area contributed by atoms with Crippen LogP contribution in [0.2, 0.25) is 0 Å². The summed E-state index contributed by atoms with van der Waals surface area (Å²) in [7, 11) is 0. The van der Waals surface area contributed by atoms with Crippen LogP contribution in [0.15, 0.2) is 81.8 Å². The van der Waals surface area contributed by atoms with Crippen molar-refractivity contribution < 1.29 is 13.9 Å². The summed E-state index contributed by atoms with van der Waals surface area (Å²) in [5, 5.41) is 7.13. The Morgan fingerprint density at radius 2 is 1.76 bits per heavy atom. The highest BCUT2D eigenvalue weighted by molar-refractivity contribution is 9.10. The van der Waals surface area contributed by atoms with Crippen LogP contribution in [0, 0.1) is 0 Å². The first-order chi connectivity index (χ1) is 16.4. The Morgan fingerprint density at radius 1 is 1.06 bits per heavy atom. The number of nitrogens with zero attached hydrogens (tertiary/aromatic N) is 2. The molecular weight excluding hydrogens is 494 g/mol. The lowest BCUT2D eigenvalue weighted by Crippen LogP contribution is -2.24. The minimum atomic E-state index is -0.283. The van der Waals surface area contributed by atoms with E-state index in [4.69, 9.17) is 9.15 Å². The molecule has 0 unspecified atom stereocenters. The van der Waals surface area contributed by atoms with E-state index in [0.717, 1.165) is 22.5 Å². The van der Waals surface area contributed by atoms with Gasteiger partial charge < -0.3 is 14.5 Å². The van der Waals surface area contributed by atoms with E-state index in [9.17, 15) is 4.79 Å². The fraction of sp³-hybridized carbons (Fsp3) is 0.259. The summed E-state index contributed by atoms with van der Waals surface area (Å²) >= 11 is 3.46. The first kappa shape index (κ1) is 23.8. The topological polar surface area (TPSA) is 69.3 Å². The van der Waals surface area contributed by atoms with Crippen molar-refractivity contribution in [3.63, 3.8) is 0 Å². The number of rotatable bonds is 9. The number of amides is 1. The van der Waals surface area contributed by atoms with Gasteiger partial charge in [0.05, 0.1) is 22.9 Å². The number of aryl methyl sites for hydroxylation is 1. The summed E-state index contributed by atoms with van der Waals surface area (Å²) in [6, 6.07) is 22.0. The number of carbonyl (C=O) groups is 1. The van der Waals surface area contributed by atoms with Crippen LogP contribution < -0.4 is 10.1 Å². The highest BCUT2D eigenvalue weighted by atomic mass is 79.9. The molecule has 2 aromatic carbocycles. The average molecular weight is 522 g/mol. The molecule has 1 N–H and O–H groups in total. The first-order valence-electron chi connectivity index (χ1n) is 11.2. The molecule has 0 spiro atoms. The average Bonchev–Trinajstić information content (AvgIpc) is 3.48. The second-order valence-electron chi connectivity index (χ2n) is 8.51. The van der Waals surface area contributed by atoms with Crippen molar-refractivity contribution in [2.45, 2.75) is 45.9 Å². The highest BCUT2D eigenvalue weighted by Gasteiger charge is 2.22. The SMILES string of the molecule is CCn1ncc(Br)c1CNC(=O)c1ccc(COc2ccc(C(C)(C)c3ccccc3)cc2)o1. The second kappa shape index (κ2) is 10.3. The molecule has 0 aliphatic carbocycles. The van der Waals surface area contributed by atoms with Crippen molar-refractivity contribution in [1.29, 1.82) is 0 Å². The summed E-state index contributed by atoms with van der Waals surface area (Å²) in [4.78, 5) is 12.5. The monoisotopic (exact) mass is 521 g/mol. The van der Waals surface area contributed by atoms with Crippen LogP contribution in [0.1, 0.15) is 53.9 Å². The number of hydrogen-bond donors (Lipinski definition) is 1. The number of benzene rings is 2. The van der Waals surface area contributed by atoms with Gasteiger partial charge in [0.1, 0.15) is 18.1 Å². The van der Waals surface area contributed by atoms with E-state index >= 15 is 0 Å². The number of nitrogens with one attached hydrogen (secondary N) is 1. The van der Waals surface area contributed by atoms with E-state index < -0.39 is 0 Å².